The largest absolute Gasteiger partial charge is 0.495 e. The summed E-state index contributed by atoms with van der Waals surface area (Å²) in [6.07, 6.45) is 0. The fourth-order valence-electron chi connectivity index (χ4n) is 2.51. The van der Waals surface area contributed by atoms with Crippen molar-refractivity contribution in [2.75, 3.05) is 26.1 Å². The molecular formula is C19H23ClN2O3. The molecule has 0 aliphatic carbocycles. The molecule has 0 saturated carbocycles. The van der Waals surface area contributed by atoms with Gasteiger partial charge < -0.3 is 14.8 Å². The number of amides is 1. The second kappa shape index (κ2) is 9.42. The van der Waals surface area contributed by atoms with Crippen LogP contribution in [0.2, 0.25) is 5.02 Å². The molecule has 5 nitrogen and oxygen atoms in total. The first-order chi connectivity index (χ1) is 12.0. The van der Waals surface area contributed by atoms with E-state index in [1.165, 1.54) is 0 Å². The SMILES string of the molecule is COC[C@@H](C)N[C@@H](C(=O)Nc1ccc(OC)c(Cl)c1)c1ccccc1. The summed E-state index contributed by atoms with van der Waals surface area (Å²) in [5, 5.41) is 6.64. The minimum absolute atomic E-state index is 0.0143. The van der Waals surface area contributed by atoms with Crippen molar-refractivity contribution in [3.8, 4) is 5.75 Å². The van der Waals surface area contributed by atoms with E-state index in [0.717, 1.165) is 5.56 Å². The first-order valence-corrected chi connectivity index (χ1v) is 8.37. The molecule has 2 atom stereocenters. The fourth-order valence-corrected chi connectivity index (χ4v) is 2.77. The number of halogens is 1. The fraction of sp³-hybridized carbons (Fsp3) is 0.316. The first kappa shape index (κ1) is 19.2. The molecule has 0 aromatic heterocycles. The zero-order chi connectivity index (χ0) is 18.2. The number of methoxy groups -OCH3 is 2. The third-order valence-electron chi connectivity index (χ3n) is 3.68. The lowest BCUT2D eigenvalue weighted by Crippen LogP contribution is -2.40. The van der Waals surface area contributed by atoms with Crippen LogP contribution >= 0.6 is 11.6 Å². The van der Waals surface area contributed by atoms with Gasteiger partial charge in [-0.15, -0.1) is 0 Å². The number of benzene rings is 2. The maximum absolute atomic E-state index is 12.8. The van der Waals surface area contributed by atoms with E-state index < -0.39 is 6.04 Å². The highest BCUT2D eigenvalue weighted by atomic mass is 35.5. The van der Waals surface area contributed by atoms with Gasteiger partial charge in [-0.2, -0.15) is 0 Å². The van der Waals surface area contributed by atoms with E-state index in [9.17, 15) is 4.79 Å². The lowest BCUT2D eigenvalue weighted by Gasteiger charge is -2.23. The summed E-state index contributed by atoms with van der Waals surface area (Å²) in [6, 6.07) is 14.2. The quantitative estimate of drug-likeness (QED) is 0.752. The second-order valence-electron chi connectivity index (χ2n) is 5.71. The van der Waals surface area contributed by atoms with Gasteiger partial charge in [-0.25, -0.2) is 0 Å². The molecule has 6 heteroatoms. The number of ether oxygens (including phenoxy) is 2. The van der Waals surface area contributed by atoms with Crippen molar-refractivity contribution in [3.05, 3.63) is 59.1 Å². The van der Waals surface area contributed by atoms with E-state index in [0.29, 0.717) is 23.1 Å². The van der Waals surface area contributed by atoms with Gasteiger partial charge in [0.15, 0.2) is 0 Å². The predicted octanol–water partition coefficient (Wildman–Crippen LogP) is 3.65. The molecule has 2 N–H and O–H groups in total. The predicted molar refractivity (Wildman–Crippen MR) is 100 cm³/mol. The Bertz CT molecular complexity index is 694. The summed E-state index contributed by atoms with van der Waals surface area (Å²) < 4.78 is 10.3. The van der Waals surface area contributed by atoms with Crippen LogP contribution in [0.15, 0.2) is 48.5 Å². The Labute approximate surface area is 153 Å². The molecule has 0 bridgehead atoms. The van der Waals surface area contributed by atoms with Crippen molar-refractivity contribution >= 4 is 23.2 Å². The Morgan fingerprint density at radius 3 is 2.48 bits per heavy atom. The molecule has 0 heterocycles. The van der Waals surface area contributed by atoms with Gasteiger partial charge in [0.1, 0.15) is 11.8 Å². The standard InChI is InChI=1S/C19H23ClN2O3/c1-13(12-24-2)21-18(14-7-5-4-6-8-14)19(23)22-15-9-10-17(25-3)16(20)11-15/h4-11,13,18,21H,12H2,1-3H3,(H,22,23)/t13-,18-/m1/s1. The number of carbonyl (C=O) groups is 1. The van der Waals surface area contributed by atoms with Gasteiger partial charge in [-0.1, -0.05) is 41.9 Å². The van der Waals surface area contributed by atoms with Crippen molar-refractivity contribution in [1.82, 2.24) is 5.32 Å². The monoisotopic (exact) mass is 362 g/mol. The lowest BCUT2D eigenvalue weighted by atomic mass is 10.0. The van der Waals surface area contributed by atoms with E-state index >= 15 is 0 Å². The van der Waals surface area contributed by atoms with Crippen LogP contribution in [0.1, 0.15) is 18.5 Å². The maximum atomic E-state index is 12.8. The van der Waals surface area contributed by atoms with Gasteiger partial charge in [-0.3, -0.25) is 10.1 Å². The molecule has 0 aliphatic heterocycles. The summed E-state index contributed by atoms with van der Waals surface area (Å²) in [7, 11) is 3.18. The molecule has 0 saturated heterocycles. The smallest absolute Gasteiger partial charge is 0.246 e. The van der Waals surface area contributed by atoms with E-state index in [4.69, 9.17) is 21.1 Å². The molecule has 0 aliphatic rings. The van der Waals surface area contributed by atoms with Crippen molar-refractivity contribution in [1.29, 1.82) is 0 Å². The van der Waals surface area contributed by atoms with Gasteiger partial charge in [0.2, 0.25) is 5.91 Å². The lowest BCUT2D eigenvalue weighted by molar-refractivity contribution is -0.118. The summed E-state index contributed by atoms with van der Waals surface area (Å²) >= 11 is 6.13. The van der Waals surface area contributed by atoms with Crippen LogP contribution in [0, 0.1) is 0 Å². The number of hydrogen-bond donors (Lipinski definition) is 2. The van der Waals surface area contributed by atoms with Crippen molar-refractivity contribution in [2.24, 2.45) is 0 Å². The Kier molecular flexibility index (Phi) is 7.25. The number of hydrogen-bond acceptors (Lipinski definition) is 4. The normalized spacial score (nSPS) is 13.1. The zero-order valence-corrected chi connectivity index (χ0v) is 15.3. The van der Waals surface area contributed by atoms with Crippen molar-refractivity contribution < 1.29 is 14.3 Å². The summed E-state index contributed by atoms with van der Waals surface area (Å²) in [5.74, 6) is 0.390. The second-order valence-corrected chi connectivity index (χ2v) is 6.11. The van der Waals surface area contributed by atoms with Gasteiger partial charge in [0.25, 0.3) is 0 Å². The molecule has 2 aromatic carbocycles. The van der Waals surface area contributed by atoms with E-state index in [-0.39, 0.29) is 11.9 Å². The van der Waals surface area contributed by atoms with Crippen LogP contribution in [0.5, 0.6) is 5.75 Å². The van der Waals surface area contributed by atoms with Gasteiger partial charge >= 0.3 is 0 Å². The Morgan fingerprint density at radius 1 is 1.16 bits per heavy atom. The Hall–Kier alpha value is -2.08. The average Bonchev–Trinajstić information content (AvgIpc) is 2.61. The van der Waals surface area contributed by atoms with Crippen LogP contribution in [0.4, 0.5) is 5.69 Å². The van der Waals surface area contributed by atoms with Gasteiger partial charge in [0, 0.05) is 18.8 Å². The van der Waals surface area contributed by atoms with Crippen LogP contribution in [0.25, 0.3) is 0 Å². The number of anilines is 1. The number of carbonyl (C=O) groups excluding carboxylic acids is 1. The zero-order valence-electron chi connectivity index (χ0n) is 14.6. The minimum Gasteiger partial charge on any atom is -0.495 e. The molecule has 2 aromatic rings. The molecular weight excluding hydrogens is 340 g/mol. The van der Waals surface area contributed by atoms with Crippen LogP contribution in [-0.2, 0) is 9.53 Å². The number of rotatable bonds is 8. The molecule has 0 radical (unpaired) electrons. The molecule has 0 fully saturated rings. The highest BCUT2D eigenvalue weighted by Gasteiger charge is 2.22. The molecule has 2 rings (SSSR count). The minimum atomic E-state index is -0.507. The van der Waals surface area contributed by atoms with Crippen LogP contribution < -0.4 is 15.4 Å². The summed E-state index contributed by atoms with van der Waals surface area (Å²) in [4.78, 5) is 12.8. The third-order valence-corrected chi connectivity index (χ3v) is 3.98. The van der Waals surface area contributed by atoms with E-state index in [1.807, 2.05) is 37.3 Å². The molecule has 1 amide bonds. The van der Waals surface area contributed by atoms with Gasteiger partial charge in [0.05, 0.1) is 18.7 Å². The maximum Gasteiger partial charge on any atom is 0.246 e. The average molecular weight is 363 g/mol. The van der Waals surface area contributed by atoms with E-state index in [2.05, 4.69) is 10.6 Å². The van der Waals surface area contributed by atoms with Crippen molar-refractivity contribution in [3.63, 3.8) is 0 Å². The van der Waals surface area contributed by atoms with E-state index in [1.54, 1.807) is 32.4 Å². The third kappa shape index (κ3) is 5.46. The molecule has 25 heavy (non-hydrogen) atoms. The first-order valence-electron chi connectivity index (χ1n) is 7.99. The summed E-state index contributed by atoms with van der Waals surface area (Å²) in [6.45, 7) is 2.47. The summed E-state index contributed by atoms with van der Waals surface area (Å²) in [5.41, 5.74) is 1.49. The van der Waals surface area contributed by atoms with Crippen LogP contribution in [0.3, 0.4) is 0 Å². The number of nitrogens with one attached hydrogen (secondary N) is 2. The Morgan fingerprint density at radius 2 is 1.88 bits per heavy atom. The van der Waals surface area contributed by atoms with Crippen LogP contribution in [-0.4, -0.2) is 32.8 Å². The highest BCUT2D eigenvalue weighted by Crippen LogP contribution is 2.27. The Balaban J connectivity index is 2.18. The van der Waals surface area contributed by atoms with Crippen molar-refractivity contribution in [2.45, 2.75) is 19.0 Å². The topological polar surface area (TPSA) is 59.6 Å². The molecule has 134 valence electrons. The molecule has 0 unspecified atom stereocenters. The molecule has 0 spiro atoms. The highest BCUT2D eigenvalue weighted by molar-refractivity contribution is 6.32. The van der Waals surface area contributed by atoms with Gasteiger partial charge in [-0.05, 0) is 30.7 Å².